The predicted octanol–water partition coefficient (Wildman–Crippen LogP) is 4.78. The summed E-state index contributed by atoms with van der Waals surface area (Å²) in [6.45, 7) is 6.84. The second-order valence-electron chi connectivity index (χ2n) is 6.53. The van der Waals surface area contributed by atoms with Crippen LogP contribution in [0.5, 0.6) is 5.75 Å². The zero-order chi connectivity index (χ0) is 19.6. The highest BCUT2D eigenvalue weighted by Gasteiger charge is 2.08. The number of hydrogen-bond acceptors (Lipinski definition) is 4. The van der Waals surface area contributed by atoms with Gasteiger partial charge in [-0.1, -0.05) is 32.0 Å². The van der Waals surface area contributed by atoms with E-state index in [2.05, 4.69) is 31.3 Å². The van der Waals surface area contributed by atoms with Crippen molar-refractivity contribution in [1.29, 1.82) is 0 Å². The maximum atomic E-state index is 12.1. The number of benzene rings is 2. The van der Waals surface area contributed by atoms with E-state index >= 15 is 0 Å². The van der Waals surface area contributed by atoms with E-state index in [-0.39, 0.29) is 5.91 Å². The van der Waals surface area contributed by atoms with Gasteiger partial charge in [0.15, 0.2) is 0 Å². The van der Waals surface area contributed by atoms with Gasteiger partial charge in [-0.25, -0.2) is 4.79 Å². The summed E-state index contributed by atoms with van der Waals surface area (Å²) >= 11 is 0. The Morgan fingerprint density at radius 1 is 1.07 bits per heavy atom. The quantitative estimate of drug-likeness (QED) is 0.510. The summed E-state index contributed by atoms with van der Waals surface area (Å²) in [6, 6.07) is 14.8. The third-order valence-corrected chi connectivity index (χ3v) is 4.02. The minimum Gasteiger partial charge on any atom is -0.494 e. The van der Waals surface area contributed by atoms with Gasteiger partial charge < -0.3 is 14.8 Å². The first-order valence-corrected chi connectivity index (χ1v) is 9.29. The number of carbonyl (C=O) groups is 2. The van der Waals surface area contributed by atoms with Crippen LogP contribution in [0.3, 0.4) is 0 Å². The van der Waals surface area contributed by atoms with E-state index in [1.54, 1.807) is 31.2 Å². The smallest absolute Gasteiger partial charge is 0.338 e. The van der Waals surface area contributed by atoms with E-state index in [9.17, 15) is 9.59 Å². The van der Waals surface area contributed by atoms with Crippen molar-refractivity contribution >= 4 is 17.6 Å². The van der Waals surface area contributed by atoms with Crippen molar-refractivity contribution < 1.29 is 19.1 Å². The van der Waals surface area contributed by atoms with Gasteiger partial charge in [-0.15, -0.1) is 0 Å². The number of esters is 1. The number of nitrogens with one attached hydrogen (secondary N) is 1. The van der Waals surface area contributed by atoms with E-state index < -0.39 is 5.97 Å². The molecule has 0 heterocycles. The first kappa shape index (κ1) is 20.5. The summed E-state index contributed by atoms with van der Waals surface area (Å²) in [5, 5.41) is 2.80. The zero-order valence-electron chi connectivity index (χ0n) is 16.2. The molecule has 0 saturated heterocycles. The van der Waals surface area contributed by atoms with Crippen LogP contribution in [0.2, 0.25) is 0 Å². The van der Waals surface area contributed by atoms with Gasteiger partial charge in [0.25, 0.3) is 0 Å². The molecule has 0 unspecified atom stereocenters. The molecule has 0 aliphatic carbocycles. The zero-order valence-corrected chi connectivity index (χ0v) is 16.2. The normalized spacial score (nSPS) is 10.5. The minimum absolute atomic E-state index is 0.116. The molecule has 2 aromatic carbocycles. The molecule has 0 aliphatic rings. The Labute approximate surface area is 160 Å². The summed E-state index contributed by atoms with van der Waals surface area (Å²) in [5.74, 6) is 0.785. The molecular formula is C22H27NO4. The Bertz CT molecular complexity index is 753. The molecule has 0 radical (unpaired) electrons. The molecule has 0 aliphatic heterocycles. The van der Waals surface area contributed by atoms with Crippen molar-refractivity contribution in [3.8, 4) is 5.75 Å². The topological polar surface area (TPSA) is 64.6 Å². The molecule has 0 fully saturated rings. The lowest BCUT2D eigenvalue weighted by molar-refractivity contribution is -0.116. The third-order valence-electron chi connectivity index (χ3n) is 4.02. The van der Waals surface area contributed by atoms with Gasteiger partial charge in [-0.05, 0) is 55.2 Å². The molecule has 2 rings (SSSR count). The Morgan fingerprint density at radius 2 is 1.81 bits per heavy atom. The SMILES string of the molecule is CCOC(=O)c1cccc(NC(=O)CCCOc2ccc(C(C)C)cc2)c1. The van der Waals surface area contributed by atoms with Crippen molar-refractivity contribution in [1.82, 2.24) is 0 Å². The van der Waals surface area contributed by atoms with Crippen molar-refractivity contribution in [2.75, 3.05) is 18.5 Å². The van der Waals surface area contributed by atoms with Crippen LogP contribution in [0.25, 0.3) is 0 Å². The molecule has 0 atom stereocenters. The van der Waals surface area contributed by atoms with Gasteiger partial charge in [-0.2, -0.15) is 0 Å². The van der Waals surface area contributed by atoms with Crippen LogP contribution >= 0.6 is 0 Å². The van der Waals surface area contributed by atoms with E-state index in [0.29, 0.717) is 43.2 Å². The summed E-state index contributed by atoms with van der Waals surface area (Å²) in [5.41, 5.74) is 2.27. The summed E-state index contributed by atoms with van der Waals surface area (Å²) < 4.78 is 10.6. The van der Waals surface area contributed by atoms with E-state index in [1.165, 1.54) is 5.56 Å². The molecule has 2 aromatic rings. The molecule has 27 heavy (non-hydrogen) atoms. The summed E-state index contributed by atoms with van der Waals surface area (Å²) in [4.78, 5) is 23.8. The van der Waals surface area contributed by atoms with Crippen LogP contribution in [0.15, 0.2) is 48.5 Å². The number of rotatable bonds is 9. The molecule has 1 amide bonds. The van der Waals surface area contributed by atoms with Gasteiger partial charge in [0.1, 0.15) is 5.75 Å². The van der Waals surface area contributed by atoms with E-state index in [0.717, 1.165) is 5.75 Å². The lowest BCUT2D eigenvalue weighted by atomic mass is 10.0. The van der Waals surface area contributed by atoms with Gasteiger partial charge >= 0.3 is 5.97 Å². The highest BCUT2D eigenvalue weighted by Crippen LogP contribution is 2.19. The van der Waals surface area contributed by atoms with Gasteiger partial charge in [0.05, 0.1) is 18.8 Å². The predicted molar refractivity (Wildman–Crippen MR) is 106 cm³/mol. The highest BCUT2D eigenvalue weighted by atomic mass is 16.5. The number of hydrogen-bond donors (Lipinski definition) is 1. The molecule has 5 nitrogen and oxygen atoms in total. The summed E-state index contributed by atoms with van der Waals surface area (Å²) in [6.07, 6.45) is 0.947. The van der Waals surface area contributed by atoms with Gasteiger partial charge in [0.2, 0.25) is 5.91 Å². The molecule has 144 valence electrons. The largest absolute Gasteiger partial charge is 0.494 e. The molecule has 0 aromatic heterocycles. The molecule has 5 heteroatoms. The van der Waals surface area contributed by atoms with Crippen LogP contribution in [-0.2, 0) is 9.53 Å². The number of carbonyl (C=O) groups excluding carboxylic acids is 2. The van der Waals surface area contributed by atoms with Crippen LogP contribution in [0.1, 0.15) is 55.5 Å². The van der Waals surface area contributed by atoms with Gasteiger partial charge in [0, 0.05) is 12.1 Å². The van der Waals surface area contributed by atoms with Crippen LogP contribution < -0.4 is 10.1 Å². The Kier molecular flexibility index (Phi) is 7.86. The van der Waals surface area contributed by atoms with Crippen LogP contribution in [-0.4, -0.2) is 25.1 Å². The fourth-order valence-corrected chi connectivity index (χ4v) is 2.53. The Hall–Kier alpha value is -2.82. The molecule has 1 N–H and O–H groups in total. The highest BCUT2D eigenvalue weighted by molar-refractivity contribution is 5.94. The lowest BCUT2D eigenvalue weighted by Crippen LogP contribution is -2.13. The number of ether oxygens (including phenoxy) is 2. The molecule has 0 spiro atoms. The van der Waals surface area contributed by atoms with E-state index in [1.807, 2.05) is 12.1 Å². The maximum absolute atomic E-state index is 12.1. The molecule has 0 bridgehead atoms. The van der Waals surface area contributed by atoms with E-state index in [4.69, 9.17) is 9.47 Å². The molecular weight excluding hydrogens is 342 g/mol. The average molecular weight is 369 g/mol. The minimum atomic E-state index is -0.398. The first-order chi connectivity index (χ1) is 13.0. The Morgan fingerprint density at radius 3 is 2.48 bits per heavy atom. The monoisotopic (exact) mass is 369 g/mol. The van der Waals surface area contributed by atoms with Crippen molar-refractivity contribution in [2.45, 2.75) is 39.5 Å². The number of anilines is 1. The fourth-order valence-electron chi connectivity index (χ4n) is 2.53. The average Bonchev–Trinajstić information content (AvgIpc) is 2.66. The maximum Gasteiger partial charge on any atom is 0.338 e. The van der Waals surface area contributed by atoms with Crippen molar-refractivity contribution in [2.24, 2.45) is 0 Å². The molecule has 0 saturated carbocycles. The third kappa shape index (κ3) is 6.77. The van der Waals surface area contributed by atoms with Crippen LogP contribution in [0.4, 0.5) is 5.69 Å². The second-order valence-corrected chi connectivity index (χ2v) is 6.53. The van der Waals surface area contributed by atoms with Gasteiger partial charge in [-0.3, -0.25) is 4.79 Å². The van der Waals surface area contributed by atoms with Crippen molar-refractivity contribution in [3.05, 3.63) is 59.7 Å². The fraction of sp³-hybridized carbons (Fsp3) is 0.364. The first-order valence-electron chi connectivity index (χ1n) is 9.29. The lowest BCUT2D eigenvalue weighted by Gasteiger charge is -2.09. The van der Waals surface area contributed by atoms with Crippen LogP contribution in [0, 0.1) is 0 Å². The van der Waals surface area contributed by atoms with Crippen molar-refractivity contribution in [3.63, 3.8) is 0 Å². The number of amides is 1. The second kappa shape index (κ2) is 10.4. The summed E-state index contributed by atoms with van der Waals surface area (Å²) in [7, 11) is 0. The standard InChI is InChI=1S/C22H27NO4/c1-4-26-22(25)18-7-5-8-19(15-18)23-21(24)9-6-14-27-20-12-10-17(11-13-20)16(2)3/h5,7-8,10-13,15-16H,4,6,9,14H2,1-3H3,(H,23,24). The Balaban J connectivity index is 1.74.